The summed E-state index contributed by atoms with van der Waals surface area (Å²) in [6.07, 6.45) is 1.76. The molecule has 156 valence electrons. The molecule has 0 fully saturated rings. The minimum atomic E-state index is -0.0706. The van der Waals surface area contributed by atoms with Crippen molar-refractivity contribution in [3.05, 3.63) is 33.6 Å². The van der Waals surface area contributed by atoms with Crippen molar-refractivity contribution >= 4 is 28.3 Å². The summed E-state index contributed by atoms with van der Waals surface area (Å²) in [5, 5.41) is 8.39. The molecule has 1 amide bonds. The van der Waals surface area contributed by atoms with Gasteiger partial charge >= 0.3 is 0 Å². The van der Waals surface area contributed by atoms with Gasteiger partial charge in [-0.2, -0.15) is 5.10 Å². The molecule has 0 saturated heterocycles. The summed E-state index contributed by atoms with van der Waals surface area (Å²) in [4.78, 5) is 22.7. The van der Waals surface area contributed by atoms with Crippen molar-refractivity contribution in [2.24, 2.45) is 0 Å². The molecule has 0 atom stereocenters. The molecule has 6 nitrogen and oxygen atoms in total. The predicted octanol–water partition coefficient (Wildman–Crippen LogP) is 4.43. The Bertz CT molecular complexity index is 1000. The summed E-state index contributed by atoms with van der Waals surface area (Å²) in [5.41, 5.74) is 3.31. The molecule has 3 heterocycles. The first kappa shape index (κ1) is 21.5. The van der Waals surface area contributed by atoms with E-state index in [0.717, 1.165) is 41.9 Å². The van der Waals surface area contributed by atoms with Gasteiger partial charge in [0, 0.05) is 34.4 Å². The summed E-state index contributed by atoms with van der Waals surface area (Å²) in [6.45, 7) is 16.0. The van der Waals surface area contributed by atoms with Crippen LogP contribution in [0.25, 0.3) is 22.3 Å². The van der Waals surface area contributed by atoms with Crippen LogP contribution in [-0.4, -0.2) is 51.8 Å². The van der Waals surface area contributed by atoms with Gasteiger partial charge in [-0.1, -0.05) is 13.8 Å². The Morgan fingerprint density at radius 1 is 1.24 bits per heavy atom. The normalized spacial score (nSPS) is 11.7. The van der Waals surface area contributed by atoms with E-state index in [2.05, 4.69) is 62.9 Å². The van der Waals surface area contributed by atoms with Gasteiger partial charge in [0.15, 0.2) is 5.65 Å². The number of carbonyl (C=O) groups excluding carboxylic acids is 1. The van der Waals surface area contributed by atoms with Crippen molar-refractivity contribution in [2.75, 3.05) is 26.2 Å². The molecular weight excluding hydrogens is 382 g/mol. The molecule has 0 spiro atoms. The largest absolute Gasteiger partial charge is 0.351 e. The number of hydrogen-bond donors (Lipinski definition) is 1. The van der Waals surface area contributed by atoms with Crippen molar-refractivity contribution in [2.45, 2.75) is 47.6 Å². The monoisotopic (exact) mass is 413 g/mol. The lowest BCUT2D eigenvalue weighted by Gasteiger charge is -2.18. The molecule has 29 heavy (non-hydrogen) atoms. The van der Waals surface area contributed by atoms with Crippen LogP contribution in [0.3, 0.4) is 0 Å². The fourth-order valence-electron chi connectivity index (χ4n) is 3.57. The molecule has 0 aromatic carbocycles. The number of aryl methyl sites for hydroxylation is 2. The molecule has 0 radical (unpaired) electrons. The van der Waals surface area contributed by atoms with Gasteiger partial charge in [0.25, 0.3) is 5.91 Å². The summed E-state index contributed by atoms with van der Waals surface area (Å²) in [5.74, 6) is -0.0706. The Kier molecular flexibility index (Phi) is 6.70. The van der Waals surface area contributed by atoms with E-state index < -0.39 is 0 Å². The number of rotatable bonds is 8. The van der Waals surface area contributed by atoms with E-state index in [9.17, 15) is 4.79 Å². The second-order valence-corrected chi connectivity index (χ2v) is 9.05. The molecule has 0 aliphatic heterocycles. The fourth-order valence-corrected chi connectivity index (χ4v) is 4.50. The summed E-state index contributed by atoms with van der Waals surface area (Å²) >= 11 is 1.75. The van der Waals surface area contributed by atoms with Gasteiger partial charge in [0.05, 0.1) is 22.8 Å². The maximum atomic E-state index is 13.1. The van der Waals surface area contributed by atoms with E-state index in [-0.39, 0.29) is 11.9 Å². The zero-order chi connectivity index (χ0) is 21.1. The SMILES string of the molecule is CCN(CC)CCNC(=O)c1cc(-c2cc(C)sc2C)nc2c1cnn2C(C)C. The molecule has 0 unspecified atom stereocenters. The number of carbonyl (C=O) groups is 1. The van der Waals surface area contributed by atoms with Crippen LogP contribution < -0.4 is 5.32 Å². The predicted molar refractivity (Wildman–Crippen MR) is 121 cm³/mol. The van der Waals surface area contributed by atoms with E-state index >= 15 is 0 Å². The van der Waals surface area contributed by atoms with Crippen LogP contribution in [0.5, 0.6) is 0 Å². The summed E-state index contributed by atoms with van der Waals surface area (Å²) in [6, 6.07) is 4.22. The van der Waals surface area contributed by atoms with Gasteiger partial charge in [-0.15, -0.1) is 11.3 Å². The Labute approximate surface area is 176 Å². The van der Waals surface area contributed by atoms with Gasteiger partial charge in [-0.05, 0) is 52.9 Å². The van der Waals surface area contributed by atoms with Crippen molar-refractivity contribution < 1.29 is 4.79 Å². The minimum absolute atomic E-state index is 0.0706. The third-order valence-electron chi connectivity index (χ3n) is 5.23. The Morgan fingerprint density at radius 3 is 2.55 bits per heavy atom. The molecule has 1 N–H and O–H groups in total. The van der Waals surface area contributed by atoms with Crippen molar-refractivity contribution in [3.8, 4) is 11.3 Å². The van der Waals surface area contributed by atoms with Crippen LogP contribution in [0.2, 0.25) is 0 Å². The maximum Gasteiger partial charge on any atom is 0.252 e. The Balaban J connectivity index is 2.01. The molecule has 3 rings (SSSR count). The number of pyridine rings is 1. The van der Waals surface area contributed by atoms with Crippen LogP contribution in [0.15, 0.2) is 18.3 Å². The first-order valence-electron chi connectivity index (χ1n) is 10.3. The van der Waals surface area contributed by atoms with E-state index in [1.54, 1.807) is 17.5 Å². The standard InChI is InChI=1S/C22H31N5OS/c1-7-26(8-2)10-9-23-22(28)18-12-20(17-11-15(5)29-16(17)6)25-21-19(18)13-24-27(21)14(3)4/h11-14H,7-10H2,1-6H3,(H,23,28). The van der Waals surface area contributed by atoms with Crippen molar-refractivity contribution in [1.82, 2.24) is 25.0 Å². The zero-order valence-electron chi connectivity index (χ0n) is 18.2. The van der Waals surface area contributed by atoms with Gasteiger partial charge in [0.1, 0.15) is 0 Å². The quantitative estimate of drug-likeness (QED) is 0.593. The topological polar surface area (TPSA) is 63.1 Å². The molecular formula is C22H31N5OS. The van der Waals surface area contributed by atoms with Crippen LogP contribution >= 0.6 is 11.3 Å². The molecule has 7 heteroatoms. The average molecular weight is 414 g/mol. The highest BCUT2D eigenvalue weighted by Crippen LogP contribution is 2.32. The number of fused-ring (bicyclic) bond motifs is 1. The highest BCUT2D eigenvalue weighted by molar-refractivity contribution is 7.12. The zero-order valence-corrected chi connectivity index (χ0v) is 19.1. The number of nitrogens with one attached hydrogen (secondary N) is 1. The third-order valence-corrected chi connectivity index (χ3v) is 6.19. The average Bonchev–Trinajstić information content (AvgIpc) is 3.26. The van der Waals surface area contributed by atoms with Crippen LogP contribution in [-0.2, 0) is 0 Å². The summed E-state index contributed by atoms with van der Waals surface area (Å²) < 4.78 is 1.89. The molecule has 0 aliphatic rings. The van der Waals surface area contributed by atoms with Crippen LogP contribution in [0.4, 0.5) is 0 Å². The number of aromatic nitrogens is 3. The Hall–Kier alpha value is -2.25. The van der Waals surface area contributed by atoms with Gasteiger partial charge in [0.2, 0.25) is 0 Å². The molecule has 0 bridgehead atoms. The number of nitrogens with zero attached hydrogens (tertiary/aromatic N) is 4. The molecule has 0 aliphatic carbocycles. The number of likely N-dealkylation sites (N-methyl/N-ethyl adjacent to an activating group) is 1. The smallest absolute Gasteiger partial charge is 0.252 e. The van der Waals surface area contributed by atoms with Crippen LogP contribution in [0, 0.1) is 13.8 Å². The second-order valence-electron chi connectivity index (χ2n) is 7.58. The van der Waals surface area contributed by atoms with Crippen molar-refractivity contribution in [1.29, 1.82) is 0 Å². The maximum absolute atomic E-state index is 13.1. The van der Waals surface area contributed by atoms with E-state index in [0.29, 0.717) is 12.1 Å². The number of hydrogen-bond acceptors (Lipinski definition) is 5. The van der Waals surface area contributed by atoms with Gasteiger partial charge in [-0.3, -0.25) is 4.79 Å². The van der Waals surface area contributed by atoms with Gasteiger partial charge < -0.3 is 10.2 Å². The van der Waals surface area contributed by atoms with E-state index in [1.807, 2.05) is 10.7 Å². The van der Waals surface area contributed by atoms with Gasteiger partial charge in [-0.25, -0.2) is 9.67 Å². The summed E-state index contributed by atoms with van der Waals surface area (Å²) in [7, 11) is 0. The highest BCUT2D eigenvalue weighted by Gasteiger charge is 2.19. The lowest BCUT2D eigenvalue weighted by molar-refractivity contribution is 0.0950. The first-order valence-corrected chi connectivity index (χ1v) is 11.1. The number of amides is 1. The molecule has 3 aromatic rings. The van der Waals surface area contributed by atoms with E-state index in [1.165, 1.54) is 9.75 Å². The van der Waals surface area contributed by atoms with Crippen LogP contribution in [0.1, 0.15) is 53.8 Å². The second kappa shape index (κ2) is 9.05. The highest BCUT2D eigenvalue weighted by atomic mass is 32.1. The fraction of sp³-hybridized carbons (Fsp3) is 0.500. The Morgan fingerprint density at radius 2 is 1.97 bits per heavy atom. The lowest BCUT2D eigenvalue weighted by Crippen LogP contribution is -2.34. The molecule has 3 aromatic heterocycles. The van der Waals surface area contributed by atoms with E-state index in [4.69, 9.17) is 4.98 Å². The lowest BCUT2D eigenvalue weighted by atomic mass is 10.1. The number of thiophene rings is 1. The minimum Gasteiger partial charge on any atom is -0.351 e. The third kappa shape index (κ3) is 4.51. The van der Waals surface area contributed by atoms with Crippen molar-refractivity contribution in [3.63, 3.8) is 0 Å². The first-order chi connectivity index (χ1) is 13.8. The molecule has 0 saturated carbocycles.